The summed E-state index contributed by atoms with van der Waals surface area (Å²) in [5.74, 6) is 0. The average molecular weight is 489 g/mol. The second kappa shape index (κ2) is 9.10. The van der Waals surface area contributed by atoms with E-state index in [2.05, 4.69) is 25.1 Å². The molecule has 3 aromatic heterocycles. The molecule has 2 N–H and O–H groups in total. The fourth-order valence-corrected chi connectivity index (χ4v) is 4.41. The molecule has 176 valence electrons. The summed E-state index contributed by atoms with van der Waals surface area (Å²) in [5, 5.41) is 18.0. The predicted octanol–water partition coefficient (Wildman–Crippen LogP) is 4.05. The summed E-state index contributed by atoms with van der Waals surface area (Å²) >= 11 is 6.57. The number of ether oxygens (including phenoxy) is 2. The van der Waals surface area contributed by atoms with Crippen molar-refractivity contribution >= 4 is 22.8 Å². The molecule has 0 aliphatic carbocycles. The van der Waals surface area contributed by atoms with Crippen molar-refractivity contribution in [3.8, 4) is 34.1 Å². The predicted molar refractivity (Wildman–Crippen MR) is 131 cm³/mol. The topological polar surface area (TPSA) is 111 Å². The number of benzene rings is 2. The van der Waals surface area contributed by atoms with Crippen LogP contribution in [0, 0.1) is 0 Å². The van der Waals surface area contributed by atoms with Gasteiger partial charge in [-0.2, -0.15) is 20.0 Å². The number of pyridine rings is 1. The monoisotopic (exact) mass is 488 g/mol. The first-order valence-corrected chi connectivity index (χ1v) is 11.6. The van der Waals surface area contributed by atoms with Gasteiger partial charge in [0.05, 0.1) is 53.6 Å². The molecule has 35 heavy (non-hydrogen) atoms. The number of aromatic nitrogens is 6. The van der Waals surface area contributed by atoms with Crippen LogP contribution in [0.1, 0.15) is 6.42 Å². The van der Waals surface area contributed by atoms with Gasteiger partial charge in [-0.3, -0.25) is 0 Å². The molecule has 1 fully saturated rings. The largest absolute Gasteiger partial charge is 0.459 e. The maximum absolute atomic E-state index is 9.23. The number of aliphatic hydroxyl groups excluding tert-OH is 1. The molecular formula is C25H21ClN6O3. The Hall–Kier alpha value is -3.79. The summed E-state index contributed by atoms with van der Waals surface area (Å²) in [4.78, 5) is 13.8. The first kappa shape index (κ1) is 21.7. The molecule has 0 radical (unpaired) electrons. The van der Waals surface area contributed by atoms with Crippen LogP contribution in [0.25, 0.3) is 39.2 Å². The van der Waals surface area contributed by atoms with E-state index in [-0.39, 0.29) is 18.8 Å². The van der Waals surface area contributed by atoms with Crippen LogP contribution < -0.4 is 4.74 Å². The molecule has 1 aliphatic heterocycles. The zero-order chi connectivity index (χ0) is 23.8. The Kier molecular flexibility index (Phi) is 5.65. The number of hydrogen-bond acceptors (Lipinski definition) is 7. The van der Waals surface area contributed by atoms with E-state index in [0.29, 0.717) is 40.9 Å². The standard InChI is InChI=1S/C25H21ClN6O3/c26-21-12-22-24(31-25(29-22)35-20-11-19(13-33)34-14-20)30-23(21)17-3-1-15(2-4-17)16-5-7-18(8-6-16)32-27-9-10-28-32/h1-10,12,19-20,33H,11,13-14H2,(H,29,30,31). The van der Waals surface area contributed by atoms with Gasteiger partial charge in [0.15, 0.2) is 5.65 Å². The van der Waals surface area contributed by atoms with Crippen LogP contribution in [0.15, 0.2) is 67.0 Å². The maximum Gasteiger partial charge on any atom is 0.296 e. The van der Waals surface area contributed by atoms with Gasteiger partial charge in [-0.1, -0.05) is 48.0 Å². The minimum absolute atomic E-state index is 0.0205. The van der Waals surface area contributed by atoms with Gasteiger partial charge in [0.1, 0.15) is 6.10 Å². The lowest BCUT2D eigenvalue weighted by atomic mass is 10.0. The van der Waals surface area contributed by atoms with Crippen molar-refractivity contribution in [2.45, 2.75) is 18.6 Å². The number of aromatic amines is 1. The first-order valence-electron chi connectivity index (χ1n) is 11.2. The van der Waals surface area contributed by atoms with Crippen molar-refractivity contribution in [1.29, 1.82) is 0 Å². The molecule has 0 saturated carbocycles. The number of nitrogens with one attached hydrogen (secondary N) is 1. The van der Waals surface area contributed by atoms with Crippen molar-refractivity contribution in [2.24, 2.45) is 0 Å². The number of nitrogens with zero attached hydrogens (tertiary/aromatic N) is 5. The highest BCUT2D eigenvalue weighted by molar-refractivity contribution is 6.33. The van der Waals surface area contributed by atoms with Crippen LogP contribution in [0.3, 0.4) is 0 Å². The molecule has 6 rings (SSSR count). The lowest BCUT2D eigenvalue weighted by molar-refractivity contribution is 0.0528. The highest BCUT2D eigenvalue weighted by atomic mass is 35.5. The van der Waals surface area contributed by atoms with Crippen molar-refractivity contribution in [2.75, 3.05) is 13.2 Å². The lowest BCUT2D eigenvalue weighted by Crippen LogP contribution is -2.17. The number of aliphatic hydroxyl groups is 1. The number of imidazole rings is 1. The van der Waals surface area contributed by atoms with Gasteiger partial charge in [-0.05, 0) is 29.3 Å². The Labute approximate surface area is 205 Å². The summed E-state index contributed by atoms with van der Waals surface area (Å²) in [5.41, 5.74) is 5.79. The van der Waals surface area contributed by atoms with Crippen LogP contribution in [0.2, 0.25) is 5.02 Å². The summed E-state index contributed by atoms with van der Waals surface area (Å²) in [6.07, 6.45) is 3.55. The number of halogens is 1. The SMILES string of the molecule is OCC1CC(Oc2nc3nc(-c4ccc(-c5ccc(-n6nccn6)cc5)cc4)c(Cl)cc3[nH]2)CO1. The molecule has 2 aromatic carbocycles. The molecule has 2 atom stereocenters. The average Bonchev–Trinajstić information content (AvgIpc) is 3.65. The van der Waals surface area contributed by atoms with E-state index in [1.54, 1.807) is 23.3 Å². The van der Waals surface area contributed by atoms with E-state index in [1.807, 2.05) is 48.5 Å². The van der Waals surface area contributed by atoms with Crippen LogP contribution in [0.4, 0.5) is 0 Å². The third kappa shape index (κ3) is 4.37. The van der Waals surface area contributed by atoms with Crippen LogP contribution in [-0.2, 0) is 4.74 Å². The maximum atomic E-state index is 9.23. The Balaban J connectivity index is 1.22. The summed E-state index contributed by atoms with van der Waals surface area (Å²) < 4.78 is 11.3. The Morgan fingerprint density at radius 1 is 1.00 bits per heavy atom. The number of fused-ring (bicyclic) bond motifs is 1. The van der Waals surface area contributed by atoms with E-state index < -0.39 is 0 Å². The van der Waals surface area contributed by atoms with Crippen LogP contribution in [-0.4, -0.2) is 60.5 Å². The Morgan fingerprint density at radius 2 is 1.69 bits per heavy atom. The third-order valence-corrected chi connectivity index (χ3v) is 6.23. The number of H-pyrrole nitrogens is 1. The second-order valence-electron chi connectivity index (χ2n) is 8.29. The molecule has 5 aromatic rings. The minimum Gasteiger partial charge on any atom is -0.459 e. The first-order chi connectivity index (χ1) is 17.2. The Morgan fingerprint density at radius 3 is 2.37 bits per heavy atom. The summed E-state index contributed by atoms with van der Waals surface area (Å²) in [7, 11) is 0. The van der Waals surface area contributed by atoms with Gasteiger partial charge in [-0.15, -0.1) is 0 Å². The normalized spacial score (nSPS) is 17.8. The molecule has 0 bridgehead atoms. The molecule has 9 nitrogen and oxygen atoms in total. The minimum atomic E-state index is -0.196. The molecule has 2 unspecified atom stereocenters. The van der Waals surface area contributed by atoms with E-state index >= 15 is 0 Å². The van der Waals surface area contributed by atoms with Crippen molar-refractivity contribution in [3.05, 3.63) is 72.0 Å². The number of rotatable bonds is 6. The van der Waals surface area contributed by atoms with E-state index in [0.717, 1.165) is 22.4 Å². The fourth-order valence-electron chi connectivity index (χ4n) is 4.15. The molecule has 0 amide bonds. The molecular weight excluding hydrogens is 468 g/mol. The molecule has 0 spiro atoms. The molecule has 1 saturated heterocycles. The van der Waals surface area contributed by atoms with Crippen LogP contribution in [0.5, 0.6) is 6.01 Å². The zero-order valence-corrected chi connectivity index (χ0v) is 19.3. The highest BCUT2D eigenvalue weighted by Crippen LogP contribution is 2.31. The second-order valence-corrected chi connectivity index (χ2v) is 8.70. The van der Waals surface area contributed by atoms with Gasteiger partial charge < -0.3 is 19.6 Å². The van der Waals surface area contributed by atoms with Crippen molar-refractivity contribution in [3.63, 3.8) is 0 Å². The number of hydrogen-bond donors (Lipinski definition) is 2. The zero-order valence-electron chi connectivity index (χ0n) is 18.5. The van der Waals surface area contributed by atoms with Gasteiger partial charge in [-0.25, -0.2) is 4.98 Å². The molecule has 10 heteroatoms. The van der Waals surface area contributed by atoms with Crippen molar-refractivity contribution < 1.29 is 14.6 Å². The smallest absolute Gasteiger partial charge is 0.296 e. The summed E-state index contributed by atoms with van der Waals surface area (Å²) in [6, 6.07) is 18.3. The van der Waals surface area contributed by atoms with E-state index in [9.17, 15) is 5.11 Å². The quantitative estimate of drug-likeness (QED) is 0.371. The molecule has 1 aliphatic rings. The lowest BCUT2D eigenvalue weighted by Gasteiger charge is -2.07. The Bertz CT molecular complexity index is 1450. The van der Waals surface area contributed by atoms with Crippen LogP contribution >= 0.6 is 11.6 Å². The highest BCUT2D eigenvalue weighted by Gasteiger charge is 2.27. The van der Waals surface area contributed by atoms with Gasteiger partial charge in [0.25, 0.3) is 6.01 Å². The fraction of sp³-hybridized carbons (Fsp3) is 0.200. The molecule has 4 heterocycles. The van der Waals surface area contributed by atoms with E-state index in [1.165, 1.54) is 0 Å². The third-order valence-electron chi connectivity index (χ3n) is 5.94. The van der Waals surface area contributed by atoms with Gasteiger partial charge >= 0.3 is 0 Å². The van der Waals surface area contributed by atoms with Gasteiger partial charge in [0.2, 0.25) is 0 Å². The summed E-state index contributed by atoms with van der Waals surface area (Å²) in [6.45, 7) is 0.393. The van der Waals surface area contributed by atoms with Crippen molar-refractivity contribution in [1.82, 2.24) is 29.9 Å². The van der Waals surface area contributed by atoms with E-state index in [4.69, 9.17) is 21.1 Å². The van der Waals surface area contributed by atoms with Gasteiger partial charge in [0, 0.05) is 12.0 Å².